The minimum absolute atomic E-state index is 0.155. The van der Waals surface area contributed by atoms with Crippen LogP contribution < -0.4 is 11.1 Å². The molecule has 0 bridgehead atoms. The Morgan fingerprint density at radius 3 is 2.53 bits per heavy atom. The molecule has 0 heterocycles. The summed E-state index contributed by atoms with van der Waals surface area (Å²) in [5, 5.41) is 3.91. The highest BCUT2D eigenvalue weighted by Gasteiger charge is 2.25. The number of rotatable bonds is 5. The Balaban J connectivity index is 2.85. The number of nitrogens with one attached hydrogen (secondary N) is 1. The van der Waals surface area contributed by atoms with Gasteiger partial charge in [0, 0.05) is 0 Å². The summed E-state index contributed by atoms with van der Waals surface area (Å²) in [7, 11) is 0. The fourth-order valence-corrected chi connectivity index (χ4v) is 2.10. The molecule has 0 spiro atoms. The third-order valence-electron chi connectivity index (χ3n) is 3.01. The highest BCUT2D eigenvalue weighted by atomic mass is 35.5. The average Bonchev–Trinajstić information content (AvgIpc) is 2.32. The Kier molecular flexibility index (Phi) is 5.65. The zero-order valence-corrected chi connectivity index (χ0v) is 13.0. The fourth-order valence-electron chi connectivity index (χ4n) is 1.80. The van der Waals surface area contributed by atoms with E-state index < -0.39 is 11.6 Å². The number of amides is 1. The summed E-state index contributed by atoms with van der Waals surface area (Å²) in [6.45, 7) is 5.81. The predicted octanol–water partition coefficient (Wildman–Crippen LogP) is 3.47. The first-order chi connectivity index (χ1) is 8.77. The molecule has 0 aromatic heterocycles. The van der Waals surface area contributed by atoms with E-state index in [0.717, 1.165) is 12.0 Å². The van der Waals surface area contributed by atoms with Gasteiger partial charge in [-0.3, -0.25) is 4.79 Å². The summed E-state index contributed by atoms with van der Waals surface area (Å²) in [5.41, 5.74) is 6.15. The van der Waals surface area contributed by atoms with Crippen LogP contribution in [0.2, 0.25) is 10.0 Å². The van der Waals surface area contributed by atoms with Gasteiger partial charge in [-0.1, -0.05) is 42.6 Å². The number of halogens is 2. The zero-order chi connectivity index (χ0) is 14.6. The molecule has 19 heavy (non-hydrogen) atoms. The monoisotopic (exact) mass is 302 g/mol. The molecule has 1 aromatic carbocycles. The lowest BCUT2D eigenvalue weighted by atomic mass is 9.93. The largest absolute Gasteiger partial charge is 0.346 e. The van der Waals surface area contributed by atoms with Gasteiger partial charge in [0.15, 0.2) is 0 Å². The molecule has 0 radical (unpaired) electrons. The SMILES string of the molecule is CCCC(N)C(=O)NC(C)(C)c1ccc(Cl)c(Cl)c1. The van der Waals surface area contributed by atoms with Crippen LogP contribution in [0.1, 0.15) is 39.2 Å². The second-order valence-electron chi connectivity index (χ2n) is 5.14. The number of hydrogen-bond donors (Lipinski definition) is 2. The Bertz CT molecular complexity index is 461. The van der Waals surface area contributed by atoms with Crippen LogP contribution in [0.15, 0.2) is 18.2 Å². The molecular formula is C14H20Cl2N2O. The van der Waals surface area contributed by atoms with Gasteiger partial charge in [0.25, 0.3) is 0 Å². The van der Waals surface area contributed by atoms with E-state index in [4.69, 9.17) is 28.9 Å². The highest BCUT2D eigenvalue weighted by Crippen LogP contribution is 2.28. The van der Waals surface area contributed by atoms with Crippen molar-refractivity contribution in [2.24, 2.45) is 5.73 Å². The fraction of sp³-hybridized carbons (Fsp3) is 0.500. The minimum atomic E-state index is -0.545. The summed E-state index contributed by atoms with van der Waals surface area (Å²) in [5.74, 6) is -0.155. The maximum atomic E-state index is 12.0. The first-order valence-electron chi connectivity index (χ1n) is 6.31. The van der Waals surface area contributed by atoms with Crippen LogP contribution in [-0.2, 0) is 10.3 Å². The van der Waals surface area contributed by atoms with Crippen molar-refractivity contribution in [3.05, 3.63) is 33.8 Å². The van der Waals surface area contributed by atoms with Crippen LogP contribution in [0.5, 0.6) is 0 Å². The van der Waals surface area contributed by atoms with Gasteiger partial charge in [-0.2, -0.15) is 0 Å². The first kappa shape index (κ1) is 16.3. The van der Waals surface area contributed by atoms with Crippen molar-refractivity contribution in [1.82, 2.24) is 5.32 Å². The predicted molar refractivity (Wildman–Crippen MR) is 80.5 cm³/mol. The standard InChI is InChI=1S/C14H20Cl2N2O/c1-4-5-12(17)13(19)18-14(2,3)9-6-7-10(15)11(16)8-9/h6-8,12H,4-5,17H2,1-3H3,(H,18,19). The maximum Gasteiger partial charge on any atom is 0.237 e. The number of benzene rings is 1. The third-order valence-corrected chi connectivity index (χ3v) is 3.75. The summed E-state index contributed by atoms with van der Waals surface area (Å²) < 4.78 is 0. The molecule has 3 N–H and O–H groups in total. The van der Waals surface area contributed by atoms with Crippen LogP contribution in [0.3, 0.4) is 0 Å². The van der Waals surface area contributed by atoms with Gasteiger partial charge in [-0.15, -0.1) is 0 Å². The molecule has 1 amide bonds. The normalized spacial score (nSPS) is 13.2. The molecule has 1 unspecified atom stereocenters. The van der Waals surface area contributed by atoms with Gasteiger partial charge >= 0.3 is 0 Å². The van der Waals surface area contributed by atoms with Crippen molar-refractivity contribution in [2.45, 2.75) is 45.2 Å². The second kappa shape index (κ2) is 6.60. The van der Waals surface area contributed by atoms with E-state index in [9.17, 15) is 4.79 Å². The van der Waals surface area contributed by atoms with Crippen LogP contribution >= 0.6 is 23.2 Å². The average molecular weight is 303 g/mol. The van der Waals surface area contributed by atoms with Crippen molar-refractivity contribution in [2.75, 3.05) is 0 Å². The molecule has 0 saturated heterocycles. The van der Waals surface area contributed by atoms with E-state index in [1.54, 1.807) is 12.1 Å². The van der Waals surface area contributed by atoms with Crippen LogP contribution in [0, 0.1) is 0 Å². The second-order valence-corrected chi connectivity index (χ2v) is 5.95. The number of carbonyl (C=O) groups excluding carboxylic acids is 1. The topological polar surface area (TPSA) is 55.1 Å². The maximum absolute atomic E-state index is 12.0. The van der Waals surface area contributed by atoms with Gasteiger partial charge in [0.2, 0.25) is 5.91 Å². The quantitative estimate of drug-likeness (QED) is 0.875. The molecule has 106 valence electrons. The van der Waals surface area contributed by atoms with E-state index in [0.29, 0.717) is 16.5 Å². The van der Waals surface area contributed by atoms with Gasteiger partial charge in [-0.25, -0.2) is 0 Å². The smallest absolute Gasteiger partial charge is 0.237 e. The molecule has 0 fully saturated rings. The van der Waals surface area contributed by atoms with E-state index in [1.165, 1.54) is 0 Å². The van der Waals surface area contributed by atoms with Crippen molar-refractivity contribution in [3.63, 3.8) is 0 Å². The molecule has 1 aromatic rings. The summed E-state index contributed by atoms with van der Waals surface area (Å²) in [6, 6.07) is 4.85. The lowest BCUT2D eigenvalue weighted by molar-refractivity contribution is -0.124. The number of carbonyl (C=O) groups is 1. The number of nitrogens with two attached hydrogens (primary N) is 1. The first-order valence-corrected chi connectivity index (χ1v) is 7.06. The van der Waals surface area contributed by atoms with Crippen molar-refractivity contribution < 1.29 is 4.79 Å². The van der Waals surface area contributed by atoms with Crippen molar-refractivity contribution in [3.8, 4) is 0 Å². The highest BCUT2D eigenvalue weighted by molar-refractivity contribution is 6.42. The number of hydrogen-bond acceptors (Lipinski definition) is 2. The Hall–Kier alpha value is -0.770. The zero-order valence-electron chi connectivity index (χ0n) is 11.5. The lowest BCUT2D eigenvalue weighted by Gasteiger charge is -2.28. The van der Waals surface area contributed by atoms with Gasteiger partial charge in [0.05, 0.1) is 21.6 Å². The van der Waals surface area contributed by atoms with Crippen LogP contribution in [0.4, 0.5) is 0 Å². The van der Waals surface area contributed by atoms with Gasteiger partial charge in [0.1, 0.15) is 0 Å². The van der Waals surface area contributed by atoms with Crippen molar-refractivity contribution in [1.29, 1.82) is 0 Å². The van der Waals surface area contributed by atoms with Gasteiger partial charge < -0.3 is 11.1 Å². The summed E-state index contributed by atoms with van der Waals surface area (Å²) >= 11 is 11.9. The molecule has 0 saturated carbocycles. The third kappa shape index (κ3) is 4.37. The molecule has 1 rings (SSSR count). The molecule has 0 aliphatic heterocycles. The van der Waals surface area contributed by atoms with E-state index >= 15 is 0 Å². The minimum Gasteiger partial charge on any atom is -0.346 e. The van der Waals surface area contributed by atoms with Crippen LogP contribution in [-0.4, -0.2) is 11.9 Å². The Morgan fingerprint density at radius 1 is 1.37 bits per heavy atom. The molecule has 0 aliphatic carbocycles. The van der Waals surface area contributed by atoms with E-state index in [-0.39, 0.29) is 5.91 Å². The molecule has 5 heteroatoms. The van der Waals surface area contributed by atoms with Crippen LogP contribution in [0.25, 0.3) is 0 Å². The van der Waals surface area contributed by atoms with E-state index in [1.807, 2.05) is 26.8 Å². The summed E-state index contributed by atoms with van der Waals surface area (Å²) in [6.07, 6.45) is 1.55. The Labute approximate surface area is 124 Å². The van der Waals surface area contributed by atoms with Crippen molar-refractivity contribution >= 4 is 29.1 Å². The molecular weight excluding hydrogens is 283 g/mol. The van der Waals surface area contributed by atoms with Gasteiger partial charge in [-0.05, 0) is 38.0 Å². The summed E-state index contributed by atoms with van der Waals surface area (Å²) in [4.78, 5) is 12.0. The molecule has 1 atom stereocenters. The molecule has 0 aliphatic rings. The molecule has 3 nitrogen and oxygen atoms in total. The van der Waals surface area contributed by atoms with E-state index in [2.05, 4.69) is 5.32 Å². The lowest BCUT2D eigenvalue weighted by Crippen LogP contribution is -2.48. The Morgan fingerprint density at radius 2 is 2.00 bits per heavy atom.